The first-order valence-electron chi connectivity index (χ1n) is 7.91. The second-order valence-corrected chi connectivity index (χ2v) is 6.10. The summed E-state index contributed by atoms with van der Waals surface area (Å²) in [6.07, 6.45) is 9.38. The molecule has 0 aliphatic heterocycles. The van der Waals surface area contributed by atoms with Gasteiger partial charge in [-0.25, -0.2) is 4.98 Å². The number of aromatic nitrogens is 1. The summed E-state index contributed by atoms with van der Waals surface area (Å²) in [5.41, 5.74) is 8.73. The van der Waals surface area contributed by atoms with Crippen molar-refractivity contribution in [3.05, 3.63) is 22.9 Å². The summed E-state index contributed by atoms with van der Waals surface area (Å²) in [6.45, 7) is 0.678. The zero-order valence-corrected chi connectivity index (χ0v) is 12.3. The average molecular weight is 289 g/mol. The van der Waals surface area contributed by atoms with Crippen LogP contribution in [0.1, 0.15) is 55.3 Å². The lowest BCUT2D eigenvalue weighted by atomic mass is 9.95. The van der Waals surface area contributed by atoms with Crippen LogP contribution >= 0.6 is 0 Å². The number of aryl methyl sites for hydroxylation is 2. The smallest absolute Gasteiger partial charge is 0.224 e. The van der Waals surface area contributed by atoms with E-state index in [4.69, 9.17) is 15.7 Å². The Morgan fingerprint density at radius 2 is 2.05 bits per heavy atom. The van der Waals surface area contributed by atoms with E-state index in [9.17, 15) is 0 Å². The first-order chi connectivity index (χ1) is 10.3. The van der Waals surface area contributed by atoms with Crippen LogP contribution in [0.15, 0.2) is 11.2 Å². The second-order valence-electron chi connectivity index (χ2n) is 6.10. The summed E-state index contributed by atoms with van der Waals surface area (Å²) in [7, 11) is 0. The molecular weight excluding hydrogens is 266 g/mol. The van der Waals surface area contributed by atoms with Crippen LogP contribution in [0.4, 0.5) is 0 Å². The highest BCUT2D eigenvalue weighted by Gasteiger charge is 2.21. The van der Waals surface area contributed by atoms with Gasteiger partial charge in [-0.15, -0.1) is 0 Å². The van der Waals surface area contributed by atoms with Crippen molar-refractivity contribution in [3.63, 3.8) is 0 Å². The topological polar surface area (TPSA) is 80.7 Å². The van der Waals surface area contributed by atoms with Crippen LogP contribution in [-0.4, -0.2) is 22.6 Å². The SMILES string of the molecule is NC(=NO)c1cc2c(nc1OCC1CCCC1)CCCC2. The van der Waals surface area contributed by atoms with Crippen LogP contribution in [-0.2, 0) is 12.8 Å². The number of hydrogen-bond acceptors (Lipinski definition) is 4. The summed E-state index contributed by atoms with van der Waals surface area (Å²) in [4.78, 5) is 4.65. The van der Waals surface area contributed by atoms with Gasteiger partial charge in [-0.3, -0.25) is 0 Å². The van der Waals surface area contributed by atoms with Crippen molar-refractivity contribution in [2.75, 3.05) is 6.61 Å². The van der Waals surface area contributed by atoms with Crippen molar-refractivity contribution in [2.45, 2.75) is 51.4 Å². The largest absolute Gasteiger partial charge is 0.477 e. The molecule has 2 aliphatic carbocycles. The number of rotatable bonds is 4. The van der Waals surface area contributed by atoms with E-state index < -0.39 is 0 Å². The summed E-state index contributed by atoms with van der Waals surface area (Å²) in [5.74, 6) is 1.22. The molecule has 3 N–H and O–H groups in total. The van der Waals surface area contributed by atoms with E-state index in [0.717, 1.165) is 18.5 Å². The maximum Gasteiger partial charge on any atom is 0.224 e. The first kappa shape index (κ1) is 14.2. The Morgan fingerprint density at radius 3 is 2.81 bits per heavy atom. The Hall–Kier alpha value is -1.78. The second kappa shape index (κ2) is 6.33. The number of hydrogen-bond donors (Lipinski definition) is 2. The molecule has 0 bridgehead atoms. The molecule has 1 aromatic rings. The number of amidine groups is 1. The van der Waals surface area contributed by atoms with E-state index in [1.54, 1.807) is 0 Å². The first-order valence-corrected chi connectivity index (χ1v) is 7.91. The minimum atomic E-state index is 0.0808. The highest BCUT2D eigenvalue weighted by atomic mass is 16.5. The molecule has 5 heteroatoms. The van der Waals surface area contributed by atoms with Crippen molar-refractivity contribution in [3.8, 4) is 5.88 Å². The Kier molecular flexibility index (Phi) is 4.27. The van der Waals surface area contributed by atoms with E-state index in [0.29, 0.717) is 24.0 Å². The minimum absolute atomic E-state index is 0.0808. The van der Waals surface area contributed by atoms with Gasteiger partial charge in [0.15, 0.2) is 5.84 Å². The predicted octanol–water partition coefficient (Wildman–Crippen LogP) is 2.62. The standard InChI is InChI=1S/C16H23N3O2/c17-15(19-20)13-9-12-7-3-4-8-14(12)18-16(13)21-10-11-5-1-2-6-11/h9,11,20H,1-8,10H2,(H2,17,19). The Labute approximate surface area is 125 Å². The third kappa shape index (κ3) is 3.12. The molecule has 0 unspecified atom stereocenters. The lowest BCUT2D eigenvalue weighted by Gasteiger charge is -2.19. The normalized spacial score (nSPS) is 19.5. The van der Waals surface area contributed by atoms with Gasteiger partial charge in [-0.1, -0.05) is 18.0 Å². The molecule has 114 valence electrons. The molecular formula is C16H23N3O2. The fourth-order valence-electron chi connectivity index (χ4n) is 3.34. The van der Waals surface area contributed by atoms with Gasteiger partial charge in [0, 0.05) is 5.69 Å². The van der Waals surface area contributed by atoms with Crippen molar-refractivity contribution < 1.29 is 9.94 Å². The number of nitrogens with two attached hydrogens (primary N) is 1. The Bertz CT molecular complexity index is 537. The minimum Gasteiger partial charge on any atom is -0.477 e. The third-order valence-corrected chi connectivity index (χ3v) is 4.58. The van der Waals surface area contributed by atoms with Crippen LogP contribution in [0.3, 0.4) is 0 Å². The average Bonchev–Trinajstić information content (AvgIpc) is 3.04. The van der Waals surface area contributed by atoms with Crippen molar-refractivity contribution in [2.24, 2.45) is 16.8 Å². The summed E-state index contributed by atoms with van der Waals surface area (Å²) < 4.78 is 5.93. The highest BCUT2D eigenvalue weighted by molar-refractivity contribution is 5.99. The molecule has 0 saturated heterocycles. The monoisotopic (exact) mass is 289 g/mol. The molecule has 3 rings (SSSR count). The van der Waals surface area contributed by atoms with E-state index in [-0.39, 0.29) is 5.84 Å². The van der Waals surface area contributed by atoms with E-state index >= 15 is 0 Å². The molecule has 1 saturated carbocycles. The Morgan fingerprint density at radius 1 is 1.29 bits per heavy atom. The van der Waals surface area contributed by atoms with Crippen molar-refractivity contribution in [1.82, 2.24) is 4.98 Å². The van der Waals surface area contributed by atoms with Gasteiger partial charge in [-0.05, 0) is 56.1 Å². The van der Waals surface area contributed by atoms with Crippen LogP contribution in [0.2, 0.25) is 0 Å². The van der Waals surface area contributed by atoms with Gasteiger partial charge in [0.25, 0.3) is 0 Å². The van der Waals surface area contributed by atoms with E-state index in [1.165, 1.54) is 44.1 Å². The van der Waals surface area contributed by atoms with Gasteiger partial charge >= 0.3 is 0 Å². The zero-order valence-electron chi connectivity index (χ0n) is 12.3. The Balaban J connectivity index is 1.84. The van der Waals surface area contributed by atoms with Crippen LogP contribution in [0, 0.1) is 5.92 Å². The number of ether oxygens (including phenoxy) is 1. The third-order valence-electron chi connectivity index (χ3n) is 4.58. The van der Waals surface area contributed by atoms with Gasteiger partial charge in [0.1, 0.15) is 0 Å². The summed E-state index contributed by atoms with van der Waals surface area (Å²) in [5, 5.41) is 12.1. The molecule has 0 spiro atoms. The molecule has 1 fully saturated rings. The lowest BCUT2D eigenvalue weighted by Crippen LogP contribution is -2.20. The fourth-order valence-corrected chi connectivity index (χ4v) is 3.34. The van der Waals surface area contributed by atoms with E-state index in [1.807, 2.05) is 6.07 Å². The molecule has 2 aliphatic rings. The van der Waals surface area contributed by atoms with Crippen LogP contribution in [0.25, 0.3) is 0 Å². The zero-order chi connectivity index (χ0) is 14.7. The number of fused-ring (bicyclic) bond motifs is 1. The maximum absolute atomic E-state index is 8.98. The molecule has 0 amide bonds. The van der Waals surface area contributed by atoms with Crippen LogP contribution in [0.5, 0.6) is 5.88 Å². The molecule has 5 nitrogen and oxygen atoms in total. The predicted molar refractivity (Wildman–Crippen MR) is 80.8 cm³/mol. The number of oxime groups is 1. The fraction of sp³-hybridized carbons (Fsp3) is 0.625. The van der Waals surface area contributed by atoms with Crippen LogP contribution < -0.4 is 10.5 Å². The van der Waals surface area contributed by atoms with Gasteiger partial charge in [0.05, 0.1) is 12.2 Å². The molecule has 0 atom stereocenters. The lowest BCUT2D eigenvalue weighted by molar-refractivity contribution is 0.242. The molecule has 1 aromatic heterocycles. The highest BCUT2D eigenvalue weighted by Crippen LogP contribution is 2.29. The molecule has 1 heterocycles. The number of nitrogens with zero attached hydrogens (tertiary/aromatic N) is 2. The summed E-state index contributed by atoms with van der Waals surface area (Å²) >= 11 is 0. The van der Waals surface area contributed by atoms with Crippen molar-refractivity contribution >= 4 is 5.84 Å². The van der Waals surface area contributed by atoms with E-state index in [2.05, 4.69) is 10.1 Å². The quantitative estimate of drug-likeness (QED) is 0.386. The maximum atomic E-state index is 8.98. The molecule has 0 aromatic carbocycles. The van der Waals surface area contributed by atoms with Gasteiger partial charge in [-0.2, -0.15) is 0 Å². The van der Waals surface area contributed by atoms with Crippen molar-refractivity contribution in [1.29, 1.82) is 0 Å². The number of pyridine rings is 1. The molecule has 21 heavy (non-hydrogen) atoms. The van der Waals surface area contributed by atoms with Gasteiger partial charge < -0.3 is 15.7 Å². The summed E-state index contributed by atoms with van der Waals surface area (Å²) in [6, 6.07) is 1.99. The molecule has 0 radical (unpaired) electrons. The van der Waals surface area contributed by atoms with Gasteiger partial charge in [0.2, 0.25) is 5.88 Å².